The summed E-state index contributed by atoms with van der Waals surface area (Å²) in [5.41, 5.74) is 7.90. The minimum absolute atomic E-state index is 0.000758. The first-order chi connectivity index (χ1) is 13.1. The van der Waals surface area contributed by atoms with Crippen LogP contribution in [-0.4, -0.2) is 64.3 Å². The van der Waals surface area contributed by atoms with Crippen molar-refractivity contribution in [3.8, 4) is 0 Å². The Balaban J connectivity index is 2.09. The molecule has 4 N–H and O–H groups in total. The van der Waals surface area contributed by atoms with Crippen molar-refractivity contribution in [2.45, 2.75) is 58.2 Å². The fourth-order valence-electron chi connectivity index (χ4n) is 3.66. The van der Waals surface area contributed by atoms with E-state index < -0.39 is 24.0 Å². The molecule has 1 aromatic carbocycles. The van der Waals surface area contributed by atoms with Crippen molar-refractivity contribution in [1.29, 1.82) is 0 Å². The van der Waals surface area contributed by atoms with Crippen LogP contribution in [0.2, 0.25) is 0 Å². The van der Waals surface area contributed by atoms with Crippen LogP contribution in [-0.2, 0) is 16.0 Å². The number of carbonyl (C=O) groups is 2. The lowest BCUT2D eigenvalue weighted by molar-refractivity contribution is -0.142. The highest BCUT2D eigenvalue weighted by atomic mass is 16.4. The van der Waals surface area contributed by atoms with Gasteiger partial charge in [0.05, 0.1) is 18.6 Å². The number of hydrogen-bond donors (Lipinski definition) is 3. The number of aliphatic carboxylic acids is 1. The average Bonchev–Trinajstić information content (AvgIpc) is 2.64. The smallest absolute Gasteiger partial charge is 0.306 e. The summed E-state index contributed by atoms with van der Waals surface area (Å²) in [7, 11) is 0. The lowest BCUT2D eigenvalue weighted by Crippen LogP contribution is -2.64. The van der Waals surface area contributed by atoms with Crippen LogP contribution in [0.3, 0.4) is 0 Å². The van der Waals surface area contributed by atoms with Gasteiger partial charge in [-0.1, -0.05) is 32.0 Å². The molecule has 0 aromatic heterocycles. The van der Waals surface area contributed by atoms with E-state index in [-0.39, 0.29) is 24.4 Å². The van der Waals surface area contributed by atoms with Crippen LogP contribution < -0.4 is 10.6 Å². The highest BCUT2D eigenvalue weighted by molar-refractivity contribution is 5.96. The van der Waals surface area contributed by atoms with Crippen molar-refractivity contribution in [2.24, 2.45) is 11.7 Å². The lowest BCUT2D eigenvalue weighted by atomic mass is 9.94. The minimum atomic E-state index is -0.954. The van der Waals surface area contributed by atoms with E-state index in [0.29, 0.717) is 13.1 Å². The van der Waals surface area contributed by atoms with E-state index >= 15 is 0 Å². The summed E-state index contributed by atoms with van der Waals surface area (Å²) in [5, 5.41) is 19.3. The summed E-state index contributed by atoms with van der Waals surface area (Å²) in [4.78, 5) is 27.7. The van der Waals surface area contributed by atoms with Gasteiger partial charge < -0.3 is 20.8 Å². The molecule has 0 saturated carbocycles. The summed E-state index contributed by atoms with van der Waals surface area (Å²) in [6.45, 7) is 8.80. The number of aryl methyl sites for hydroxylation is 1. The van der Waals surface area contributed by atoms with Crippen LogP contribution in [0.15, 0.2) is 24.3 Å². The number of amides is 1. The first-order valence-electron chi connectivity index (χ1n) is 9.86. The third-order valence-corrected chi connectivity index (χ3v) is 5.63. The molecule has 0 spiro atoms. The van der Waals surface area contributed by atoms with Gasteiger partial charge in [0.25, 0.3) is 0 Å². The zero-order valence-electron chi connectivity index (χ0n) is 17.3. The monoisotopic (exact) mass is 391 g/mol. The zero-order chi connectivity index (χ0) is 21.1. The van der Waals surface area contributed by atoms with Gasteiger partial charge in [0, 0.05) is 30.4 Å². The maximum atomic E-state index is 12.9. The number of piperazine rings is 1. The molecule has 3 unspecified atom stereocenters. The van der Waals surface area contributed by atoms with Crippen LogP contribution in [0.4, 0.5) is 5.69 Å². The molecule has 28 heavy (non-hydrogen) atoms. The Morgan fingerprint density at radius 3 is 2.57 bits per heavy atom. The number of carboxylic acids is 1. The van der Waals surface area contributed by atoms with Gasteiger partial charge >= 0.3 is 5.97 Å². The van der Waals surface area contributed by atoms with E-state index in [4.69, 9.17) is 10.8 Å². The molecule has 0 bridgehead atoms. The quantitative estimate of drug-likeness (QED) is 0.620. The first-order valence-corrected chi connectivity index (χ1v) is 9.86. The Kier molecular flexibility index (Phi) is 7.20. The topological polar surface area (TPSA) is 107 Å². The summed E-state index contributed by atoms with van der Waals surface area (Å²) >= 11 is 0. The van der Waals surface area contributed by atoms with E-state index in [9.17, 15) is 14.7 Å². The van der Waals surface area contributed by atoms with E-state index in [1.165, 1.54) is 0 Å². The number of carboxylic acid groups (broad SMARTS) is 1. The molecule has 2 rings (SSSR count). The van der Waals surface area contributed by atoms with Gasteiger partial charge in [0.1, 0.15) is 0 Å². The Hall–Kier alpha value is -1.96. The molecular weight excluding hydrogens is 358 g/mol. The molecule has 1 aromatic rings. The summed E-state index contributed by atoms with van der Waals surface area (Å²) in [6.07, 6.45) is 0.00770. The maximum absolute atomic E-state index is 12.9. The van der Waals surface area contributed by atoms with Gasteiger partial charge in [-0.15, -0.1) is 0 Å². The number of nitrogens with two attached hydrogens (primary N) is 1. The molecular formula is C21H33N3O4. The number of para-hydroxylation sites is 1. The molecule has 0 radical (unpaired) electrons. The summed E-state index contributed by atoms with van der Waals surface area (Å²) in [5.74, 6) is -1.62. The van der Waals surface area contributed by atoms with Crippen LogP contribution in [0.1, 0.15) is 39.7 Å². The molecule has 3 atom stereocenters. The second-order valence-corrected chi connectivity index (χ2v) is 8.36. The predicted octanol–water partition coefficient (Wildman–Crippen LogP) is 1.48. The average molecular weight is 392 g/mol. The second-order valence-electron chi connectivity index (χ2n) is 8.36. The zero-order valence-corrected chi connectivity index (χ0v) is 17.3. The number of rotatable bonds is 8. The van der Waals surface area contributed by atoms with Crippen LogP contribution in [0.25, 0.3) is 0 Å². The van der Waals surface area contributed by atoms with Gasteiger partial charge in [-0.2, -0.15) is 0 Å². The number of benzene rings is 1. The number of carbonyl (C=O) groups excluding carboxylic acids is 1. The van der Waals surface area contributed by atoms with E-state index in [1.54, 1.807) is 6.92 Å². The molecule has 7 heteroatoms. The van der Waals surface area contributed by atoms with Crippen molar-refractivity contribution in [2.75, 3.05) is 24.5 Å². The van der Waals surface area contributed by atoms with Gasteiger partial charge in [-0.3, -0.25) is 14.5 Å². The number of anilines is 1. The fourth-order valence-corrected chi connectivity index (χ4v) is 3.66. The molecule has 1 fully saturated rings. The molecule has 7 nitrogen and oxygen atoms in total. The first kappa shape index (κ1) is 22.3. The maximum Gasteiger partial charge on any atom is 0.306 e. The molecule has 1 saturated heterocycles. The van der Waals surface area contributed by atoms with Crippen molar-refractivity contribution in [3.63, 3.8) is 0 Å². The number of hydrogen-bond acceptors (Lipinski definition) is 5. The number of aliphatic hydroxyl groups is 1. The lowest BCUT2D eigenvalue weighted by Gasteiger charge is -2.48. The summed E-state index contributed by atoms with van der Waals surface area (Å²) in [6, 6.07) is 7.32. The standard InChI is InChI=1S/C21H33N3O4/c1-5-15-8-6-7-9-17(15)24-13-21(3,4)23(12-19(24)26)11-16(22)18(25)10-14(2)20(27)28/h6-9,14,16,18,25H,5,10-13,22H2,1-4H3,(H,27,28). The van der Waals surface area contributed by atoms with Crippen molar-refractivity contribution < 1.29 is 19.8 Å². The third kappa shape index (κ3) is 5.10. The van der Waals surface area contributed by atoms with E-state index in [0.717, 1.165) is 17.7 Å². The molecule has 1 aliphatic heterocycles. The largest absolute Gasteiger partial charge is 0.481 e. The van der Waals surface area contributed by atoms with Crippen molar-refractivity contribution in [3.05, 3.63) is 29.8 Å². The predicted molar refractivity (Wildman–Crippen MR) is 109 cm³/mol. The Labute approximate surface area is 167 Å². The Morgan fingerprint density at radius 1 is 1.32 bits per heavy atom. The van der Waals surface area contributed by atoms with Gasteiger partial charge in [0.2, 0.25) is 5.91 Å². The minimum Gasteiger partial charge on any atom is -0.481 e. The molecule has 156 valence electrons. The molecule has 1 aliphatic rings. The van der Waals surface area contributed by atoms with Crippen LogP contribution in [0, 0.1) is 5.92 Å². The highest BCUT2D eigenvalue weighted by Gasteiger charge is 2.40. The van der Waals surface area contributed by atoms with E-state index in [2.05, 4.69) is 20.8 Å². The van der Waals surface area contributed by atoms with Crippen molar-refractivity contribution in [1.82, 2.24) is 4.90 Å². The van der Waals surface area contributed by atoms with Crippen LogP contribution in [0.5, 0.6) is 0 Å². The Bertz CT molecular complexity index is 707. The molecule has 0 aliphatic carbocycles. The summed E-state index contributed by atoms with van der Waals surface area (Å²) < 4.78 is 0. The van der Waals surface area contributed by atoms with Crippen LogP contribution >= 0.6 is 0 Å². The van der Waals surface area contributed by atoms with Crippen molar-refractivity contribution >= 4 is 17.6 Å². The molecule has 1 amide bonds. The fraction of sp³-hybridized carbons (Fsp3) is 0.619. The third-order valence-electron chi connectivity index (χ3n) is 5.63. The SMILES string of the molecule is CCc1ccccc1N1CC(C)(C)N(CC(N)C(O)CC(C)C(=O)O)CC1=O. The normalized spacial score (nSPS) is 20.6. The number of aliphatic hydroxyl groups excluding tert-OH is 1. The van der Waals surface area contributed by atoms with Gasteiger partial charge in [-0.25, -0.2) is 0 Å². The van der Waals surface area contributed by atoms with Gasteiger partial charge in [0.15, 0.2) is 0 Å². The van der Waals surface area contributed by atoms with E-state index in [1.807, 2.05) is 34.1 Å². The Morgan fingerprint density at radius 2 is 1.96 bits per heavy atom. The van der Waals surface area contributed by atoms with Gasteiger partial charge in [-0.05, 0) is 38.3 Å². The molecule has 1 heterocycles. The second kappa shape index (κ2) is 9.03. The number of nitrogens with zero attached hydrogens (tertiary/aromatic N) is 2. The highest BCUT2D eigenvalue weighted by Crippen LogP contribution is 2.29.